The van der Waals surface area contributed by atoms with E-state index >= 15 is 0 Å². The molecule has 1 aliphatic rings. The fourth-order valence-corrected chi connectivity index (χ4v) is 1.63. The molecule has 0 spiro atoms. The minimum Gasteiger partial charge on any atom is -0.369 e. The lowest BCUT2D eigenvalue weighted by Gasteiger charge is -2.30. The van der Waals surface area contributed by atoms with Crippen LogP contribution in [0.1, 0.15) is 12.8 Å². The van der Waals surface area contributed by atoms with Gasteiger partial charge in [-0.25, -0.2) is 0 Å². The van der Waals surface area contributed by atoms with E-state index in [0.29, 0.717) is 25.9 Å². The summed E-state index contributed by atoms with van der Waals surface area (Å²) in [6.07, 6.45) is -3.28. The first-order valence-corrected chi connectivity index (χ1v) is 4.47. The Balaban J connectivity index is 0.00000196. The summed E-state index contributed by atoms with van der Waals surface area (Å²) < 4.78 is 35.9. The molecule has 15 heavy (non-hydrogen) atoms. The number of primary amides is 1. The third-order valence-electron chi connectivity index (χ3n) is 2.39. The molecule has 0 aromatic heterocycles. The van der Waals surface area contributed by atoms with Crippen LogP contribution in [0, 0.1) is 5.92 Å². The maximum absolute atomic E-state index is 12.0. The summed E-state index contributed by atoms with van der Waals surface area (Å²) in [5, 5.41) is 0. The van der Waals surface area contributed by atoms with Gasteiger partial charge >= 0.3 is 6.18 Å². The summed E-state index contributed by atoms with van der Waals surface area (Å²) in [5.41, 5.74) is 5.06. The molecule has 90 valence electrons. The number of hydrogen-bond donors (Lipinski definition) is 1. The molecule has 0 aliphatic carbocycles. The Hall–Kier alpha value is -0.490. The second-order valence-electron chi connectivity index (χ2n) is 3.57. The molecular weight excluding hydrogens is 233 g/mol. The second-order valence-corrected chi connectivity index (χ2v) is 3.57. The van der Waals surface area contributed by atoms with Gasteiger partial charge in [0.15, 0.2) is 0 Å². The molecule has 0 aromatic carbocycles. The highest BCUT2D eigenvalue weighted by molar-refractivity contribution is 5.85. The number of likely N-dealkylation sites (tertiary alicyclic amines) is 1. The number of piperidine rings is 1. The lowest BCUT2D eigenvalue weighted by atomic mass is 9.96. The predicted molar refractivity (Wildman–Crippen MR) is 51.7 cm³/mol. The molecule has 1 saturated heterocycles. The minimum absolute atomic E-state index is 0. The Bertz CT molecular complexity index is 214. The van der Waals surface area contributed by atoms with E-state index in [2.05, 4.69) is 0 Å². The van der Waals surface area contributed by atoms with Gasteiger partial charge in [0.05, 0.1) is 6.54 Å². The van der Waals surface area contributed by atoms with Gasteiger partial charge in [0.2, 0.25) is 5.91 Å². The van der Waals surface area contributed by atoms with Gasteiger partial charge in [0.1, 0.15) is 0 Å². The normalized spacial score (nSPS) is 19.7. The van der Waals surface area contributed by atoms with Gasteiger partial charge in [0.25, 0.3) is 0 Å². The first-order valence-electron chi connectivity index (χ1n) is 4.47. The van der Waals surface area contributed by atoms with E-state index in [-0.39, 0.29) is 18.3 Å². The van der Waals surface area contributed by atoms with Crippen molar-refractivity contribution in [3.8, 4) is 0 Å². The molecule has 7 heteroatoms. The Morgan fingerprint density at radius 2 is 1.80 bits per heavy atom. The van der Waals surface area contributed by atoms with Crippen LogP contribution in [0.25, 0.3) is 0 Å². The zero-order valence-electron chi connectivity index (χ0n) is 8.09. The van der Waals surface area contributed by atoms with Gasteiger partial charge < -0.3 is 5.73 Å². The third kappa shape index (κ3) is 5.22. The highest BCUT2D eigenvalue weighted by Crippen LogP contribution is 2.22. The van der Waals surface area contributed by atoms with Crippen molar-refractivity contribution in [2.45, 2.75) is 19.0 Å². The van der Waals surface area contributed by atoms with Crippen molar-refractivity contribution in [3.63, 3.8) is 0 Å². The zero-order valence-corrected chi connectivity index (χ0v) is 8.90. The van der Waals surface area contributed by atoms with Crippen molar-refractivity contribution >= 4 is 18.3 Å². The summed E-state index contributed by atoms with van der Waals surface area (Å²) in [6, 6.07) is 0. The van der Waals surface area contributed by atoms with Gasteiger partial charge in [-0.1, -0.05) is 0 Å². The van der Waals surface area contributed by atoms with Gasteiger partial charge in [0, 0.05) is 5.92 Å². The molecule has 0 atom stereocenters. The monoisotopic (exact) mass is 246 g/mol. The van der Waals surface area contributed by atoms with Crippen LogP contribution < -0.4 is 5.73 Å². The largest absolute Gasteiger partial charge is 0.401 e. The first kappa shape index (κ1) is 14.5. The number of hydrogen-bond acceptors (Lipinski definition) is 2. The molecule has 0 saturated carbocycles. The fraction of sp³-hybridized carbons (Fsp3) is 0.875. The number of halogens is 4. The molecule has 0 radical (unpaired) electrons. The van der Waals surface area contributed by atoms with Gasteiger partial charge in [-0.2, -0.15) is 13.2 Å². The first-order chi connectivity index (χ1) is 6.38. The van der Waals surface area contributed by atoms with Crippen molar-refractivity contribution in [3.05, 3.63) is 0 Å². The summed E-state index contributed by atoms with van der Waals surface area (Å²) >= 11 is 0. The summed E-state index contributed by atoms with van der Waals surface area (Å²) in [7, 11) is 0. The second kappa shape index (κ2) is 5.55. The van der Waals surface area contributed by atoms with E-state index in [1.807, 2.05) is 0 Å². The molecular formula is C8H14ClF3N2O. The average Bonchev–Trinajstić information content (AvgIpc) is 2.02. The molecule has 1 heterocycles. The van der Waals surface area contributed by atoms with Crippen molar-refractivity contribution in [2.24, 2.45) is 11.7 Å². The lowest BCUT2D eigenvalue weighted by Crippen LogP contribution is -2.42. The smallest absolute Gasteiger partial charge is 0.369 e. The molecule has 1 fully saturated rings. The van der Waals surface area contributed by atoms with E-state index in [0.717, 1.165) is 0 Å². The van der Waals surface area contributed by atoms with E-state index in [9.17, 15) is 18.0 Å². The average molecular weight is 247 g/mol. The molecule has 1 rings (SSSR count). The third-order valence-corrected chi connectivity index (χ3v) is 2.39. The maximum atomic E-state index is 12.0. The van der Waals surface area contributed by atoms with Gasteiger partial charge in [-0.05, 0) is 25.9 Å². The van der Waals surface area contributed by atoms with Crippen LogP contribution in [0.3, 0.4) is 0 Å². The molecule has 0 unspecified atom stereocenters. The van der Waals surface area contributed by atoms with Crippen molar-refractivity contribution in [2.75, 3.05) is 19.6 Å². The van der Waals surface area contributed by atoms with Gasteiger partial charge in [-0.15, -0.1) is 12.4 Å². The fourth-order valence-electron chi connectivity index (χ4n) is 1.63. The van der Waals surface area contributed by atoms with Crippen LogP contribution in [0.4, 0.5) is 13.2 Å². The van der Waals surface area contributed by atoms with Crippen LogP contribution in [-0.2, 0) is 4.79 Å². The number of amides is 1. The van der Waals surface area contributed by atoms with Crippen molar-refractivity contribution < 1.29 is 18.0 Å². The van der Waals surface area contributed by atoms with Crippen LogP contribution >= 0.6 is 12.4 Å². The number of rotatable bonds is 2. The Morgan fingerprint density at radius 1 is 1.33 bits per heavy atom. The van der Waals surface area contributed by atoms with E-state index in [4.69, 9.17) is 5.73 Å². The van der Waals surface area contributed by atoms with Gasteiger partial charge in [-0.3, -0.25) is 9.69 Å². The zero-order chi connectivity index (χ0) is 10.8. The predicted octanol–water partition coefficient (Wildman–Crippen LogP) is 1.17. The van der Waals surface area contributed by atoms with E-state index in [1.54, 1.807) is 0 Å². The molecule has 0 aromatic rings. The molecule has 1 aliphatic heterocycles. The summed E-state index contributed by atoms with van der Waals surface area (Å²) in [6.45, 7) is -0.293. The number of nitrogens with two attached hydrogens (primary N) is 1. The highest BCUT2D eigenvalue weighted by atomic mass is 35.5. The molecule has 1 amide bonds. The van der Waals surface area contributed by atoms with Crippen LogP contribution in [0.5, 0.6) is 0 Å². The Kier molecular flexibility index (Phi) is 5.37. The van der Waals surface area contributed by atoms with E-state index < -0.39 is 18.6 Å². The van der Waals surface area contributed by atoms with Crippen LogP contribution in [0.2, 0.25) is 0 Å². The molecule has 0 bridgehead atoms. The standard InChI is InChI=1S/C8H13F3N2O.ClH/c9-8(10,11)5-13-3-1-6(2-4-13)7(12)14;/h6H,1-5H2,(H2,12,14);1H. The van der Waals surface area contributed by atoms with Crippen molar-refractivity contribution in [1.82, 2.24) is 4.90 Å². The van der Waals surface area contributed by atoms with E-state index in [1.165, 1.54) is 4.90 Å². The maximum Gasteiger partial charge on any atom is 0.401 e. The Morgan fingerprint density at radius 3 is 2.13 bits per heavy atom. The number of alkyl halides is 3. The van der Waals surface area contributed by atoms with Crippen LogP contribution in [0.15, 0.2) is 0 Å². The number of nitrogens with zero attached hydrogens (tertiary/aromatic N) is 1. The number of carbonyl (C=O) groups excluding carboxylic acids is 1. The number of carbonyl (C=O) groups is 1. The minimum atomic E-state index is -4.15. The lowest BCUT2D eigenvalue weighted by molar-refractivity contribution is -0.149. The van der Waals surface area contributed by atoms with Crippen molar-refractivity contribution in [1.29, 1.82) is 0 Å². The van der Waals surface area contributed by atoms with Crippen LogP contribution in [-0.4, -0.2) is 36.6 Å². The SMILES string of the molecule is Cl.NC(=O)C1CCN(CC(F)(F)F)CC1. The summed E-state index contributed by atoms with van der Waals surface area (Å²) in [5.74, 6) is -0.656. The highest BCUT2D eigenvalue weighted by Gasteiger charge is 2.33. The molecule has 3 nitrogen and oxygen atoms in total. The quantitative estimate of drug-likeness (QED) is 0.795. The Labute approximate surface area is 92.2 Å². The molecule has 2 N–H and O–H groups in total. The topological polar surface area (TPSA) is 46.3 Å². The summed E-state index contributed by atoms with van der Waals surface area (Å²) in [4.78, 5) is 12.0.